The molecule has 1 aromatic heterocycles. The fourth-order valence-corrected chi connectivity index (χ4v) is 4.38. The third-order valence-electron chi connectivity index (χ3n) is 4.61. The zero-order chi connectivity index (χ0) is 19.8. The van der Waals surface area contributed by atoms with Crippen LogP contribution in [0.4, 0.5) is 15.8 Å². The number of nitrogen functional groups attached to an aromatic ring is 1. The first-order chi connectivity index (χ1) is 13.5. The van der Waals surface area contributed by atoms with Crippen LogP contribution in [0.25, 0.3) is 10.4 Å². The topological polar surface area (TPSA) is 92.8 Å². The number of carbonyl (C=O) groups is 2. The van der Waals surface area contributed by atoms with Gasteiger partial charge in [-0.15, -0.1) is 16.2 Å². The molecule has 0 bridgehead atoms. The number of nitrogens with two attached hydrogens (primary N) is 1. The van der Waals surface area contributed by atoms with Crippen molar-refractivity contribution in [2.75, 3.05) is 17.2 Å². The molecule has 0 unspecified atom stereocenters. The van der Waals surface area contributed by atoms with Crippen molar-refractivity contribution in [2.24, 2.45) is 5.18 Å². The molecular weight excluding hydrogens is 381 g/mol. The summed E-state index contributed by atoms with van der Waals surface area (Å²) in [4.78, 5) is 37.8. The second-order valence-electron chi connectivity index (χ2n) is 6.35. The Hall–Kier alpha value is -3.39. The van der Waals surface area contributed by atoms with E-state index in [4.69, 9.17) is 5.73 Å². The molecule has 0 saturated heterocycles. The Bertz CT molecular complexity index is 1110. The number of benzene rings is 2. The van der Waals surface area contributed by atoms with E-state index >= 15 is 0 Å². The Morgan fingerprint density at radius 2 is 1.86 bits per heavy atom. The van der Waals surface area contributed by atoms with Gasteiger partial charge in [-0.2, -0.15) is 0 Å². The molecule has 0 aliphatic carbocycles. The highest BCUT2D eigenvalue weighted by Gasteiger charge is 2.28. The molecule has 2 heterocycles. The van der Waals surface area contributed by atoms with Crippen molar-refractivity contribution in [2.45, 2.75) is 6.42 Å². The first-order valence-corrected chi connectivity index (χ1v) is 9.27. The third-order valence-corrected chi connectivity index (χ3v) is 5.80. The van der Waals surface area contributed by atoms with Gasteiger partial charge in [0.2, 0.25) is 0 Å². The lowest BCUT2D eigenvalue weighted by Crippen LogP contribution is -2.32. The Balaban J connectivity index is 1.82. The highest BCUT2D eigenvalue weighted by molar-refractivity contribution is 7.17. The van der Waals surface area contributed by atoms with Crippen LogP contribution in [0.3, 0.4) is 0 Å². The van der Waals surface area contributed by atoms with E-state index in [0.717, 1.165) is 21.8 Å². The highest BCUT2D eigenvalue weighted by Crippen LogP contribution is 2.42. The van der Waals surface area contributed by atoms with Gasteiger partial charge in [-0.05, 0) is 60.5 Å². The van der Waals surface area contributed by atoms with Gasteiger partial charge in [-0.3, -0.25) is 9.59 Å². The molecule has 0 saturated carbocycles. The number of thiophene rings is 1. The first kappa shape index (κ1) is 18.0. The lowest BCUT2D eigenvalue weighted by molar-refractivity contribution is 0.0984. The van der Waals surface area contributed by atoms with E-state index in [2.05, 4.69) is 5.18 Å². The standard InChI is InChI=1S/C20H14FN3O3S/c21-13-3-6-15-16(10-13)24(20(26)11-1-4-14(22)5-2-11)8-7-12-9-17(19(25)23-27)28-18(12)15/h1-6,9-10H,7-8,22H2. The fraction of sp³-hybridized carbons (Fsp3) is 0.100. The average Bonchev–Trinajstić information content (AvgIpc) is 3.06. The molecule has 1 aliphatic rings. The van der Waals surface area contributed by atoms with Crippen LogP contribution in [0.1, 0.15) is 25.6 Å². The lowest BCUT2D eigenvalue weighted by Gasteiger charge is -2.23. The monoisotopic (exact) mass is 395 g/mol. The summed E-state index contributed by atoms with van der Waals surface area (Å²) in [5.74, 6) is -1.58. The molecular formula is C20H14FN3O3S. The van der Waals surface area contributed by atoms with Gasteiger partial charge in [0.25, 0.3) is 5.91 Å². The summed E-state index contributed by atoms with van der Waals surface area (Å²) >= 11 is 1.12. The first-order valence-electron chi connectivity index (χ1n) is 8.45. The van der Waals surface area contributed by atoms with E-state index in [1.807, 2.05) is 0 Å². The van der Waals surface area contributed by atoms with Crippen LogP contribution in [-0.4, -0.2) is 18.4 Å². The van der Waals surface area contributed by atoms with Crippen molar-refractivity contribution in [1.82, 2.24) is 0 Å². The SMILES string of the molecule is Nc1ccc(C(=O)N2CCc3cc(C(=O)N=O)sc3-c3ccc(F)cc32)cc1. The highest BCUT2D eigenvalue weighted by atomic mass is 32.1. The minimum Gasteiger partial charge on any atom is -0.399 e. The van der Waals surface area contributed by atoms with Crippen molar-refractivity contribution in [3.05, 3.63) is 75.3 Å². The Morgan fingerprint density at radius 3 is 2.57 bits per heavy atom. The van der Waals surface area contributed by atoms with Gasteiger partial charge in [0.1, 0.15) is 5.82 Å². The van der Waals surface area contributed by atoms with Crippen molar-refractivity contribution in [3.63, 3.8) is 0 Å². The molecule has 6 nitrogen and oxygen atoms in total. The Labute approximate surface area is 163 Å². The van der Waals surface area contributed by atoms with Crippen molar-refractivity contribution >= 4 is 34.5 Å². The smallest absolute Gasteiger partial charge is 0.326 e. The molecule has 4 rings (SSSR count). The van der Waals surface area contributed by atoms with E-state index in [1.54, 1.807) is 36.4 Å². The van der Waals surface area contributed by atoms with Crippen molar-refractivity contribution in [1.29, 1.82) is 0 Å². The summed E-state index contributed by atoms with van der Waals surface area (Å²) < 4.78 is 14.0. The number of halogens is 1. The number of carbonyl (C=O) groups excluding carboxylic acids is 2. The quantitative estimate of drug-likeness (QED) is 0.519. The van der Waals surface area contributed by atoms with Gasteiger partial charge in [-0.25, -0.2) is 4.39 Å². The molecule has 2 aromatic carbocycles. The van der Waals surface area contributed by atoms with Crippen LogP contribution >= 0.6 is 11.3 Å². The zero-order valence-corrected chi connectivity index (χ0v) is 15.3. The van der Waals surface area contributed by atoms with Crippen molar-refractivity contribution < 1.29 is 14.0 Å². The van der Waals surface area contributed by atoms with E-state index in [-0.39, 0.29) is 10.8 Å². The molecule has 2 amide bonds. The van der Waals surface area contributed by atoms with Gasteiger partial charge in [0, 0.05) is 33.4 Å². The normalized spacial score (nSPS) is 12.7. The van der Waals surface area contributed by atoms with E-state index in [1.165, 1.54) is 17.0 Å². The van der Waals surface area contributed by atoms with Crippen molar-refractivity contribution in [3.8, 4) is 10.4 Å². The number of fused-ring (bicyclic) bond motifs is 3. The predicted octanol–water partition coefficient (Wildman–Crippen LogP) is 4.25. The van der Waals surface area contributed by atoms with E-state index in [0.29, 0.717) is 35.5 Å². The number of hydrogen-bond acceptors (Lipinski definition) is 5. The molecule has 8 heteroatoms. The molecule has 1 aliphatic heterocycles. The second-order valence-corrected chi connectivity index (χ2v) is 7.40. The van der Waals surface area contributed by atoms with Gasteiger partial charge >= 0.3 is 5.91 Å². The maximum Gasteiger partial charge on any atom is 0.326 e. The molecule has 3 aromatic rings. The molecule has 140 valence electrons. The van der Waals surface area contributed by atoms with Gasteiger partial charge in [0.15, 0.2) is 0 Å². The Kier molecular flexibility index (Phi) is 4.48. The predicted molar refractivity (Wildman–Crippen MR) is 106 cm³/mol. The number of hydrogen-bond donors (Lipinski definition) is 1. The van der Waals surface area contributed by atoms with Crippen LogP contribution < -0.4 is 10.6 Å². The maximum absolute atomic E-state index is 14.0. The minimum atomic E-state index is -0.837. The molecule has 2 N–H and O–H groups in total. The number of rotatable bonds is 2. The fourth-order valence-electron chi connectivity index (χ4n) is 3.26. The van der Waals surface area contributed by atoms with Gasteiger partial charge in [-0.1, -0.05) is 0 Å². The molecule has 0 spiro atoms. The van der Waals surface area contributed by atoms with Crippen LogP contribution in [0.5, 0.6) is 0 Å². The number of nitrogens with zero attached hydrogens (tertiary/aromatic N) is 2. The summed E-state index contributed by atoms with van der Waals surface area (Å²) in [5.41, 5.74) is 8.54. The molecule has 0 radical (unpaired) electrons. The maximum atomic E-state index is 14.0. The van der Waals surface area contributed by atoms with Crippen LogP contribution in [0.15, 0.2) is 53.7 Å². The van der Waals surface area contributed by atoms with Gasteiger partial charge in [0.05, 0.1) is 10.6 Å². The molecule has 28 heavy (non-hydrogen) atoms. The number of nitroso groups, excluding NO2 is 1. The van der Waals surface area contributed by atoms with E-state index < -0.39 is 11.7 Å². The number of anilines is 2. The molecule has 0 fully saturated rings. The second kappa shape index (κ2) is 6.97. The minimum absolute atomic E-state index is 0.230. The zero-order valence-electron chi connectivity index (χ0n) is 14.5. The summed E-state index contributed by atoms with van der Waals surface area (Å²) in [6, 6.07) is 12.3. The van der Waals surface area contributed by atoms with Crippen LogP contribution in [-0.2, 0) is 6.42 Å². The van der Waals surface area contributed by atoms with Gasteiger partial charge < -0.3 is 10.6 Å². The average molecular weight is 395 g/mol. The Morgan fingerprint density at radius 1 is 1.11 bits per heavy atom. The summed E-state index contributed by atoms with van der Waals surface area (Å²) in [6.45, 7) is 0.297. The largest absolute Gasteiger partial charge is 0.399 e. The lowest BCUT2D eigenvalue weighted by atomic mass is 10.1. The molecule has 0 atom stereocenters. The summed E-state index contributed by atoms with van der Waals surface area (Å²) in [7, 11) is 0. The van der Waals surface area contributed by atoms with Crippen LogP contribution in [0, 0.1) is 10.7 Å². The van der Waals surface area contributed by atoms with E-state index in [9.17, 15) is 18.9 Å². The number of amides is 2. The van der Waals surface area contributed by atoms with Crippen LogP contribution in [0.2, 0.25) is 0 Å². The third kappa shape index (κ3) is 3.07. The summed E-state index contributed by atoms with van der Waals surface area (Å²) in [5, 5.41) is 2.47. The summed E-state index contributed by atoms with van der Waals surface area (Å²) in [6.07, 6.45) is 0.453.